The zero-order valence-electron chi connectivity index (χ0n) is 11.3. The summed E-state index contributed by atoms with van der Waals surface area (Å²) in [4.78, 5) is 14.1. The van der Waals surface area contributed by atoms with Gasteiger partial charge in [-0.25, -0.2) is 0 Å². The molecule has 5 heteroatoms. The standard InChI is InChI=1S/C14H19ClN2O2/c1-10(2)19-11-3-4-12(13(15)9-11)14(18)17-7-5-16-6-8-17/h3-4,9-10,16H,5-8H2,1-2H3. The van der Waals surface area contributed by atoms with Crippen LogP contribution in [0.25, 0.3) is 0 Å². The third-order valence-electron chi connectivity index (χ3n) is 2.95. The Morgan fingerprint density at radius 1 is 1.37 bits per heavy atom. The maximum absolute atomic E-state index is 12.3. The number of nitrogens with one attached hydrogen (secondary N) is 1. The van der Waals surface area contributed by atoms with Gasteiger partial charge >= 0.3 is 0 Å². The van der Waals surface area contributed by atoms with Gasteiger partial charge in [-0.3, -0.25) is 4.79 Å². The van der Waals surface area contributed by atoms with Crippen LogP contribution in [0.15, 0.2) is 18.2 Å². The molecule has 0 bridgehead atoms. The lowest BCUT2D eigenvalue weighted by molar-refractivity contribution is 0.0736. The predicted octanol–water partition coefficient (Wildman–Crippen LogP) is 2.17. The number of halogens is 1. The topological polar surface area (TPSA) is 41.6 Å². The first-order valence-corrected chi connectivity index (χ1v) is 6.92. The van der Waals surface area contributed by atoms with E-state index in [9.17, 15) is 4.79 Å². The molecule has 19 heavy (non-hydrogen) atoms. The molecule has 1 aromatic carbocycles. The van der Waals surface area contributed by atoms with Crippen molar-refractivity contribution in [1.29, 1.82) is 0 Å². The number of hydrogen-bond acceptors (Lipinski definition) is 3. The lowest BCUT2D eigenvalue weighted by Crippen LogP contribution is -2.46. The lowest BCUT2D eigenvalue weighted by Gasteiger charge is -2.27. The Kier molecular flexibility index (Phi) is 4.66. The molecular formula is C14H19ClN2O2. The maximum Gasteiger partial charge on any atom is 0.255 e. The van der Waals surface area contributed by atoms with Gasteiger partial charge in [0.2, 0.25) is 0 Å². The minimum atomic E-state index is -0.0115. The summed E-state index contributed by atoms with van der Waals surface area (Å²) in [6.07, 6.45) is 0.0887. The number of carbonyl (C=O) groups excluding carboxylic acids is 1. The van der Waals surface area contributed by atoms with Crippen molar-refractivity contribution in [3.8, 4) is 5.75 Å². The Hall–Kier alpha value is -1.26. The van der Waals surface area contributed by atoms with Crippen molar-refractivity contribution in [3.63, 3.8) is 0 Å². The number of hydrogen-bond donors (Lipinski definition) is 1. The molecule has 0 radical (unpaired) electrons. The van der Waals surface area contributed by atoms with Crippen LogP contribution < -0.4 is 10.1 Å². The summed E-state index contributed by atoms with van der Waals surface area (Å²) in [7, 11) is 0. The molecule has 1 aliphatic rings. The number of piperazine rings is 1. The molecule has 0 atom stereocenters. The second-order valence-corrected chi connectivity index (χ2v) is 5.26. The van der Waals surface area contributed by atoms with Gasteiger partial charge in [-0.2, -0.15) is 0 Å². The van der Waals surface area contributed by atoms with Crippen LogP contribution >= 0.6 is 11.6 Å². The maximum atomic E-state index is 12.3. The first-order chi connectivity index (χ1) is 9.08. The average Bonchev–Trinajstić information content (AvgIpc) is 2.38. The molecule has 2 rings (SSSR count). The monoisotopic (exact) mass is 282 g/mol. The van der Waals surface area contributed by atoms with Gasteiger partial charge in [-0.1, -0.05) is 11.6 Å². The van der Waals surface area contributed by atoms with E-state index in [4.69, 9.17) is 16.3 Å². The van der Waals surface area contributed by atoms with Gasteiger partial charge in [0.05, 0.1) is 16.7 Å². The van der Waals surface area contributed by atoms with Crippen LogP contribution in [0, 0.1) is 0 Å². The smallest absolute Gasteiger partial charge is 0.255 e. The third-order valence-corrected chi connectivity index (χ3v) is 3.26. The number of amides is 1. The third kappa shape index (κ3) is 3.61. The van der Waals surface area contributed by atoms with E-state index in [1.807, 2.05) is 18.7 Å². The molecule has 1 aromatic rings. The van der Waals surface area contributed by atoms with Gasteiger partial charge < -0.3 is 15.0 Å². The molecule has 0 unspecified atom stereocenters. The highest BCUT2D eigenvalue weighted by molar-refractivity contribution is 6.34. The Balaban J connectivity index is 2.13. The number of rotatable bonds is 3. The number of benzene rings is 1. The van der Waals surface area contributed by atoms with E-state index >= 15 is 0 Å². The van der Waals surface area contributed by atoms with Crippen LogP contribution in [0.3, 0.4) is 0 Å². The quantitative estimate of drug-likeness (QED) is 0.924. The number of carbonyl (C=O) groups is 1. The fraction of sp³-hybridized carbons (Fsp3) is 0.500. The Labute approximate surface area is 118 Å². The Morgan fingerprint density at radius 3 is 2.63 bits per heavy atom. The molecular weight excluding hydrogens is 264 g/mol. The summed E-state index contributed by atoms with van der Waals surface area (Å²) < 4.78 is 5.56. The summed E-state index contributed by atoms with van der Waals surface area (Å²) in [5, 5.41) is 3.67. The van der Waals surface area contributed by atoms with E-state index in [1.54, 1.807) is 18.2 Å². The minimum absolute atomic E-state index is 0.0115. The van der Waals surface area contributed by atoms with E-state index in [1.165, 1.54) is 0 Å². The SMILES string of the molecule is CC(C)Oc1ccc(C(=O)N2CCNCC2)c(Cl)c1. The zero-order chi connectivity index (χ0) is 13.8. The number of nitrogens with zero attached hydrogens (tertiary/aromatic N) is 1. The summed E-state index contributed by atoms with van der Waals surface area (Å²) in [6.45, 7) is 7.01. The van der Waals surface area contributed by atoms with Crippen molar-refractivity contribution in [2.45, 2.75) is 20.0 Å². The van der Waals surface area contributed by atoms with Crippen molar-refractivity contribution in [2.24, 2.45) is 0 Å². The summed E-state index contributed by atoms with van der Waals surface area (Å²) in [6, 6.07) is 5.24. The fourth-order valence-corrected chi connectivity index (χ4v) is 2.30. The average molecular weight is 283 g/mol. The minimum Gasteiger partial charge on any atom is -0.491 e. The molecule has 0 saturated carbocycles. The summed E-state index contributed by atoms with van der Waals surface area (Å²) in [5.74, 6) is 0.680. The van der Waals surface area contributed by atoms with Crippen molar-refractivity contribution >= 4 is 17.5 Å². The van der Waals surface area contributed by atoms with E-state index in [2.05, 4.69) is 5.32 Å². The van der Waals surface area contributed by atoms with Gasteiger partial charge in [0.25, 0.3) is 5.91 Å². The Bertz CT molecular complexity index is 457. The summed E-state index contributed by atoms with van der Waals surface area (Å²) in [5.41, 5.74) is 0.541. The van der Waals surface area contributed by atoms with Crippen LogP contribution in [0.5, 0.6) is 5.75 Å². The molecule has 0 aromatic heterocycles. The highest BCUT2D eigenvalue weighted by Crippen LogP contribution is 2.24. The second kappa shape index (κ2) is 6.26. The first kappa shape index (κ1) is 14.2. The molecule has 1 aliphatic heterocycles. The van der Waals surface area contributed by atoms with Crippen LogP contribution in [0.2, 0.25) is 5.02 Å². The van der Waals surface area contributed by atoms with Gasteiger partial charge in [0, 0.05) is 26.2 Å². The van der Waals surface area contributed by atoms with Gasteiger partial charge in [0.15, 0.2) is 0 Å². The van der Waals surface area contributed by atoms with E-state index in [0.717, 1.165) is 26.2 Å². The highest BCUT2D eigenvalue weighted by atomic mass is 35.5. The van der Waals surface area contributed by atoms with Crippen molar-refractivity contribution in [2.75, 3.05) is 26.2 Å². The first-order valence-electron chi connectivity index (χ1n) is 6.54. The fourth-order valence-electron chi connectivity index (χ4n) is 2.05. The zero-order valence-corrected chi connectivity index (χ0v) is 12.0. The summed E-state index contributed by atoms with van der Waals surface area (Å²) >= 11 is 6.18. The Morgan fingerprint density at radius 2 is 2.05 bits per heavy atom. The largest absolute Gasteiger partial charge is 0.491 e. The molecule has 1 N–H and O–H groups in total. The predicted molar refractivity (Wildman–Crippen MR) is 76.0 cm³/mol. The van der Waals surface area contributed by atoms with Crippen molar-refractivity contribution in [1.82, 2.24) is 10.2 Å². The molecule has 1 fully saturated rings. The van der Waals surface area contributed by atoms with Crippen molar-refractivity contribution in [3.05, 3.63) is 28.8 Å². The van der Waals surface area contributed by atoms with E-state index in [-0.39, 0.29) is 12.0 Å². The highest BCUT2D eigenvalue weighted by Gasteiger charge is 2.20. The van der Waals surface area contributed by atoms with E-state index in [0.29, 0.717) is 16.3 Å². The normalized spacial score (nSPS) is 15.7. The van der Waals surface area contributed by atoms with Crippen LogP contribution in [0.1, 0.15) is 24.2 Å². The van der Waals surface area contributed by atoms with Crippen molar-refractivity contribution < 1.29 is 9.53 Å². The molecule has 104 valence electrons. The molecule has 0 aliphatic carbocycles. The van der Waals surface area contributed by atoms with Gasteiger partial charge in [0.1, 0.15) is 5.75 Å². The second-order valence-electron chi connectivity index (χ2n) is 4.85. The molecule has 1 saturated heterocycles. The van der Waals surface area contributed by atoms with Gasteiger partial charge in [-0.15, -0.1) is 0 Å². The van der Waals surface area contributed by atoms with Crippen LogP contribution in [-0.4, -0.2) is 43.1 Å². The lowest BCUT2D eigenvalue weighted by atomic mass is 10.1. The van der Waals surface area contributed by atoms with E-state index < -0.39 is 0 Å². The number of ether oxygens (including phenoxy) is 1. The molecule has 1 heterocycles. The molecule has 4 nitrogen and oxygen atoms in total. The van der Waals surface area contributed by atoms with Gasteiger partial charge in [-0.05, 0) is 32.0 Å². The van der Waals surface area contributed by atoms with Crippen LogP contribution in [0.4, 0.5) is 0 Å². The molecule has 1 amide bonds. The van der Waals surface area contributed by atoms with Crippen LogP contribution in [-0.2, 0) is 0 Å². The molecule has 0 spiro atoms.